The summed E-state index contributed by atoms with van der Waals surface area (Å²) >= 11 is 5.99. The maximum absolute atomic E-state index is 12.4. The zero-order chi connectivity index (χ0) is 19.4. The molecule has 0 aliphatic heterocycles. The van der Waals surface area contributed by atoms with E-state index in [0.29, 0.717) is 30.9 Å². The third kappa shape index (κ3) is 4.42. The minimum atomic E-state index is -1.03. The normalized spacial score (nSPS) is 14.4. The van der Waals surface area contributed by atoms with Crippen molar-refractivity contribution in [2.24, 2.45) is 5.73 Å². The molecule has 0 heterocycles. The number of nitrogens with two attached hydrogens (primary N) is 1. The third-order valence-electron chi connectivity index (χ3n) is 4.90. The molecule has 0 aromatic heterocycles. The Bertz CT molecular complexity index is 841. The molecule has 2 amide bonds. The summed E-state index contributed by atoms with van der Waals surface area (Å²) in [5.41, 5.74) is 7.64. The first-order chi connectivity index (χ1) is 12.9. The molecule has 0 saturated heterocycles. The van der Waals surface area contributed by atoms with Gasteiger partial charge >= 0.3 is 0 Å². The molecule has 3 N–H and O–H groups in total. The highest BCUT2D eigenvalue weighted by Gasteiger charge is 2.43. The molecule has 0 radical (unpaired) electrons. The lowest BCUT2D eigenvalue weighted by Crippen LogP contribution is -2.58. The fourth-order valence-corrected chi connectivity index (χ4v) is 3.52. The van der Waals surface area contributed by atoms with Gasteiger partial charge in [-0.05, 0) is 48.2 Å². The zero-order valence-electron chi connectivity index (χ0n) is 15.3. The Balaban J connectivity index is 1.51. The molecule has 5 nitrogen and oxygen atoms in total. The van der Waals surface area contributed by atoms with Crippen LogP contribution in [0.3, 0.4) is 0 Å². The summed E-state index contributed by atoms with van der Waals surface area (Å²) < 4.78 is 5.66. The summed E-state index contributed by atoms with van der Waals surface area (Å²) in [5.74, 6) is 0.0228. The molecule has 0 fully saturated rings. The minimum absolute atomic E-state index is 0.197. The monoisotopic (exact) mass is 386 g/mol. The molecular weight excluding hydrogens is 364 g/mol. The number of carbonyl (C=O) groups is 2. The van der Waals surface area contributed by atoms with Crippen LogP contribution in [0.25, 0.3) is 0 Å². The molecular formula is C21H23ClN2O3. The number of hydrogen-bond donors (Lipinski definition) is 2. The lowest BCUT2D eigenvalue weighted by atomic mass is 9.94. The highest BCUT2D eigenvalue weighted by atomic mass is 35.5. The number of carbonyl (C=O) groups excluding carboxylic acids is 2. The van der Waals surface area contributed by atoms with Crippen LogP contribution >= 0.6 is 11.6 Å². The van der Waals surface area contributed by atoms with Gasteiger partial charge in [0.1, 0.15) is 11.3 Å². The Morgan fingerprint density at radius 2 is 1.85 bits per heavy atom. The molecule has 6 heteroatoms. The molecule has 142 valence electrons. The van der Waals surface area contributed by atoms with Crippen molar-refractivity contribution in [3.8, 4) is 5.75 Å². The second-order valence-electron chi connectivity index (χ2n) is 6.98. The number of benzene rings is 2. The molecule has 0 spiro atoms. The number of ether oxygens (including phenoxy) is 1. The first kappa shape index (κ1) is 19.2. The van der Waals surface area contributed by atoms with Gasteiger partial charge in [0.15, 0.2) is 0 Å². The molecule has 2 aromatic carbocycles. The molecule has 0 bridgehead atoms. The van der Waals surface area contributed by atoms with Gasteiger partial charge in [0.05, 0.1) is 6.61 Å². The van der Waals surface area contributed by atoms with Crippen LogP contribution in [-0.2, 0) is 22.4 Å². The maximum atomic E-state index is 12.4. The highest BCUT2D eigenvalue weighted by molar-refractivity contribution is 6.31. The van der Waals surface area contributed by atoms with Crippen LogP contribution in [0.4, 0.5) is 0 Å². The maximum Gasteiger partial charge on any atom is 0.243 e. The predicted molar refractivity (Wildman–Crippen MR) is 105 cm³/mol. The van der Waals surface area contributed by atoms with Crippen LogP contribution in [0, 0.1) is 6.92 Å². The second-order valence-corrected chi connectivity index (χ2v) is 7.39. The Morgan fingerprint density at radius 3 is 2.44 bits per heavy atom. The first-order valence-corrected chi connectivity index (χ1v) is 9.34. The van der Waals surface area contributed by atoms with E-state index in [1.807, 2.05) is 37.3 Å². The van der Waals surface area contributed by atoms with E-state index >= 15 is 0 Å². The standard InChI is InChI=1S/C21H23ClN2O3/c1-14-11-17(8-9-18(14)22)27-10-4-7-19(25)24-21(20(23)26)12-15-5-2-3-6-16(15)13-21/h2-3,5-6,8-9,11H,4,7,10,12-13H2,1H3,(H2,23,26)(H,24,25). The Morgan fingerprint density at radius 1 is 1.19 bits per heavy atom. The van der Waals surface area contributed by atoms with Crippen molar-refractivity contribution >= 4 is 23.4 Å². The van der Waals surface area contributed by atoms with Gasteiger partial charge in [-0.2, -0.15) is 0 Å². The van der Waals surface area contributed by atoms with E-state index in [1.165, 1.54) is 0 Å². The molecule has 1 aliphatic carbocycles. The number of hydrogen-bond acceptors (Lipinski definition) is 3. The predicted octanol–water partition coefficient (Wildman–Crippen LogP) is 2.95. The Hall–Kier alpha value is -2.53. The van der Waals surface area contributed by atoms with Crippen molar-refractivity contribution in [3.63, 3.8) is 0 Å². The van der Waals surface area contributed by atoms with Gasteiger partial charge in [-0.1, -0.05) is 35.9 Å². The molecule has 3 rings (SSSR count). The fraction of sp³-hybridized carbons (Fsp3) is 0.333. The van der Waals surface area contributed by atoms with Crippen molar-refractivity contribution in [1.29, 1.82) is 0 Å². The molecule has 0 unspecified atom stereocenters. The first-order valence-electron chi connectivity index (χ1n) is 8.96. The van der Waals surface area contributed by atoms with Crippen LogP contribution in [0.15, 0.2) is 42.5 Å². The molecule has 0 atom stereocenters. The summed E-state index contributed by atoms with van der Waals surface area (Å²) in [6.45, 7) is 2.31. The van der Waals surface area contributed by atoms with Gasteiger partial charge in [-0.3, -0.25) is 9.59 Å². The van der Waals surface area contributed by atoms with Crippen LogP contribution in [-0.4, -0.2) is 24.0 Å². The number of amides is 2. The number of primary amides is 1. The van der Waals surface area contributed by atoms with Crippen LogP contribution < -0.4 is 15.8 Å². The SMILES string of the molecule is Cc1cc(OCCCC(=O)NC2(C(N)=O)Cc3ccccc3C2)ccc1Cl. The smallest absolute Gasteiger partial charge is 0.243 e. The van der Waals surface area contributed by atoms with Gasteiger partial charge in [0, 0.05) is 24.3 Å². The third-order valence-corrected chi connectivity index (χ3v) is 5.32. The van der Waals surface area contributed by atoms with Gasteiger partial charge in [-0.25, -0.2) is 0 Å². The van der Waals surface area contributed by atoms with Crippen molar-refractivity contribution in [1.82, 2.24) is 5.32 Å². The molecule has 0 saturated carbocycles. The van der Waals surface area contributed by atoms with E-state index in [-0.39, 0.29) is 12.3 Å². The van der Waals surface area contributed by atoms with E-state index < -0.39 is 11.4 Å². The van der Waals surface area contributed by atoms with Crippen molar-refractivity contribution in [2.45, 2.75) is 38.1 Å². The van der Waals surface area contributed by atoms with Crippen molar-refractivity contribution in [2.75, 3.05) is 6.61 Å². The number of halogens is 1. The van der Waals surface area contributed by atoms with Crippen LogP contribution in [0.2, 0.25) is 5.02 Å². The van der Waals surface area contributed by atoms with E-state index in [0.717, 1.165) is 22.4 Å². The van der Waals surface area contributed by atoms with Gasteiger partial charge < -0.3 is 15.8 Å². The number of aryl methyl sites for hydroxylation is 1. The second kappa shape index (κ2) is 8.01. The average Bonchev–Trinajstić information content (AvgIpc) is 3.01. The summed E-state index contributed by atoms with van der Waals surface area (Å²) in [4.78, 5) is 24.5. The highest BCUT2D eigenvalue weighted by Crippen LogP contribution is 2.30. The summed E-state index contributed by atoms with van der Waals surface area (Å²) in [5, 5.41) is 3.56. The Labute approximate surface area is 163 Å². The van der Waals surface area contributed by atoms with Crippen molar-refractivity contribution in [3.05, 3.63) is 64.2 Å². The van der Waals surface area contributed by atoms with Crippen molar-refractivity contribution < 1.29 is 14.3 Å². The zero-order valence-corrected chi connectivity index (χ0v) is 16.0. The topological polar surface area (TPSA) is 81.4 Å². The number of fused-ring (bicyclic) bond motifs is 1. The van der Waals surface area contributed by atoms with Crippen LogP contribution in [0.1, 0.15) is 29.5 Å². The van der Waals surface area contributed by atoms with Gasteiger partial charge in [-0.15, -0.1) is 0 Å². The lowest BCUT2D eigenvalue weighted by Gasteiger charge is -2.26. The van der Waals surface area contributed by atoms with E-state index in [1.54, 1.807) is 12.1 Å². The van der Waals surface area contributed by atoms with Crippen LogP contribution in [0.5, 0.6) is 5.75 Å². The fourth-order valence-electron chi connectivity index (χ4n) is 3.40. The average molecular weight is 387 g/mol. The summed E-state index contributed by atoms with van der Waals surface area (Å²) in [6, 6.07) is 13.2. The van der Waals surface area contributed by atoms with Gasteiger partial charge in [0.2, 0.25) is 11.8 Å². The Kier molecular flexibility index (Phi) is 5.71. The largest absolute Gasteiger partial charge is 0.494 e. The van der Waals surface area contributed by atoms with E-state index in [2.05, 4.69) is 5.32 Å². The number of rotatable bonds is 7. The van der Waals surface area contributed by atoms with Gasteiger partial charge in [0.25, 0.3) is 0 Å². The number of nitrogens with one attached hydrogen (secondary N) is 1. The molecule has 1 aliphatic rings. The molecule has 27 heavy (non-hydrogen) atoms. The minimum Gasteiger partial charge on any atom is -0.494 e. The van der Waals surface area contributed by atoms with E-state index in [4.69, 9.17) is 22.1 Å². The lowest BCUT2D eigenvalue weighted by molar-refractivity contribution is -0.131. The summed E-state index contributed by atoms with van der Waals surface area (Å²) in [6.07, 6.45) is 1.67. The summed E-state index contributed by atoms with van der Waals surface area (Å²) in [7, 11) is 0. The molecule has 2 aromatic rings. The quantitative estimate of drug-likeness (QED) is 0.718. The van der Waals surface area contributed by atoms with E-state index in [9.17, 15) is 9.59 Å².